The maximum Gasteiger partial charge on any atom is 0.291 e. The first kappa shape index (κ1) is 13.8. The fraction of sp³-hybridized carbons (Fsp3) is 0.455. The van der Waals surface area contributed by atoms with E-state index in [0.29, 0.717) is 5.69 Å². The number of nitrogens with one attached hydrogen (secondary N) is 2. The lowest BCUT2D eigenvalue weighted by Crippen LogP contribution is -2.27. The van der Waals surface area contributed by atoms with Gasteiger partial charge in [-0.1, -0.05) is 6.92 Å². The first-order valence-corrected chi connectivity index (χ1v) is 7.32. The van der Waals surface area contributed by atoms with Gasteiger partial charge in [-0.3, -0.25) is 10.1 Å². The normalized spacial score (nSPS) is 22.0. The van der Waals surface area contributed by atoms with E-state index in [0.717, 1.165) is 6.42 Å². The third-order valence-electron chi connectivity index (χ3n) is 3.15. The minimum Gasteiger partial charge on any atom is -0.388 e. The van der Waals surface area contributed by atoms with E-state index < -0.39 is 20.6 Å². The summed E-state index contributed by atoms with van der Waals surface area (Å²) >= 11 is 0. The predicted molar refractivity (Wildman–Crippen MR) is 70.5 cm³/mol. The van der Waals surface area contributed by atoms with Gasteiger partial charge in [0.2, 0.25) is 10.0 Å². The number of rotatable bonds is 5. The van der Waals surface area contributed by atoms with Gasteiger partial charge in [0.25, 0.3) is 5.69 Å². The van der Waals surface area contributed by atoms with Crippen LogP contribution in [0.2, 0.25) is 0 Å². The van der Waals surface area contributed by atoms with Gasteiger partial charge in [0, 0.05) is 24.8 Å². The van der Waals surface area contributed by atoms with Crippen LogP contribution < -0.4 is 10.0 Å². The Labute approximate surface area is 111 Å². The van der Waals surface area contributed by atoms with E-state index >= 15 is 0 Å². The second kappa shape index (κ2) is 4.78. The molecule has 0 spiro atoms. The summed E-state index contributed by atoms with van der Waals surface area (Å²) in [5, 5.41) is 13.7. The summed E-state index contributed by atoms with van der Waals surface area (Å²) < 4.78 is 26.7. The lowest BCUT2D eigenvalue weighted by Gasteiger charge is -2.08. The minimum absolute atomic E-state index is 0.117. The van der Waals surface area contributed by atoms with Gasteiger partial charge in [-0.05, 0) is 24.5 Å². The van der Waals surface area contributed by atoms with Crippen molar-refractivity contribution in [2.24, 2.45) is 5.92 Å². The quantitative estimate of drug-likeness (QED) is 0.627. The molecule has 2 atom stereocenters. The van der Waals surface area contributed by atoms with E-state index in [1.165, 1.54) is 18.2 Å². The topological polar surface area (TPSA) is 101 Å². The zero-order chi connectivity index (χ0) is 14.2. The molecular formula is C11H15N3O4S. The highest BCUT2D eigenvalue weighted by molar-refractivity contribution is 7.89. The van der Waals surface area contributed by atoms with Crippen LogP contribution in [0.1, 0.15) is 13.3 Å². The first-order chi connectivity index (χ1) is 8.85. The maximum absolute atomic E-state index is 12.1. The fourth-order valence-electron chi connectivity index (χ4n) is 1.79. The molecule has 104 valence electrons. The minimum atomic E-state index is -3.85. The van der Waals surface area contributed by atoms with E-state index in [1.54, 1.807) is 7.05 Å². The van der Waals surface area contributed by atoms with Crippen LogP contribution in [0.4, 0.5) is 11.4 Å². The van der Waals surface area contributed by atoms with Crippen LogP contribution in [0.3, 0.4) is 0 Å². The van der Waals surface area contributed by atoms with Crippen molar-refractivity contribution in [1.29, 1.82) is 0 Å². The summed E-state index contributed by atoms with van der Waals surface area (Å²) in [6.45, 7) is 1.92. The summed E-state index contributed by atoms with van der Waals surface area (Å²) in [6, 6.07) is 3.84. The third kappa shape index (κ3) is 2.85. The van der Waals surface area contributed by atoms with E-state index in [2.05, 4.69) is 10.0 Å². The highest BCUT2D eigenvalue weighted by atomic mass is 32.2. The molecule has 1 aliphatic carbocycles. The number of nitrogens with zero attached hydrogens (tertiary/aromatic N) is 1. The van der Waals surface area contributed by atoms with Gasteiger partial charge in [0.1, 0.15) is 0 Å². The number of hydrogen-bond donors (Lipinski definition) is 2. The molecule has 2 N–H and O–H groups in total. The smallest absolute Gasteiger partial charge is 0.291 e. The third-order valence-corrected chi connectivity index (χ3v) is 4.69. The Hall–Kier alpha value is -1.67. The summed E-state index contributed by atoms with van der Waals surface area (Å²) in [4.78, 5) is 10.0. The molecule has 0 saturated heterocycles. The van der Waals surface area contributed by atoms with Gasteiger partial charge in [-0.2, -0.15) is 0 Å². The van der Waals surface area contributed by atoms with Crippen molar-refractivity contribution in [3.63, 3.8) is 0 Å². The Morgan fingerprint density at radius 1 is 1.42 bits per heavy atom. The first-order valence-electron chi connectivity index (χ1n) is 5.83. The van der Waals surface area contributed by atoms with Crippen LogP contribution in [-0.2, 0) is 10.0 Å². The average Bonchev–Trinajstić information content (AvgIpc) is 3.02. The lowest BCUT2D eigenvalue weighted by molar-refractivity contribution is -0.387. The molecule has 1 aromatic carbocycles. The number of sulfonamides is 1. The number of anilines is 1. The van der Waals surface area contributed by atoms with Crippen LogP contribution in [0.15, 0.2) is 23.1 Å². The van der Waals surface area contributed by atoms with Crippen molar-refractivity contribution in [3.05, 3.63) is 28.3 Å². The number of nitro benzene ring substituents is 1. The van der Waals surface area contributed by atoms with E-state index in [-0.39, 0.29) is 16.9 Å². The van der Waals surface area contributed by atoms with Crippen LogP contribution in [-0.4, -0.2) is 26.4 Å². The van der Waals surface area contributed by atoms with Crippen molar-refractivity contribution < 1.29 is 13.3 Å². The Bertz CT molecular complexity index is 614. The van der Waals surface area contributed by atoms with Gasteiger partial charge >= 0.3 is 0 Å². The largest absolute Gasteiger partial charge is 0.388 e. The Morgan fingerprint density at radius 2 is 2.05 bits per heavy atom. The van der Waals surface area contributed by atoms with Crippen molar-refractivity contribution >= 4 is 21.4 Å². The van der Waals surface area contributed by atoms with Crippen molar-refractivity contribution in [2.45, 2.75) is 24.3 Å². The Morgan fingerprint density at radius 3 is 2.53 bits per heavy atom. The van der Waals surface area contributed by atoms with E-state index in [9.17, 15) is 18.5 Å². The van der Waals surface area contributed by atoms with Gasteiger partial charge < -0.3 is 5.32 Å². The molecule has 0 radical (unpaired) electrons. The summed E-state index contributed by atoms with van der Waals surface area (Å²) in [5.41, 5.74) is 0.0677. The van der Waals surface area contributed by atoms with Crippen LogP contribution in [0.25, 0.3) is 0 Å². The van der Waals surface area contributed by atoms with Gasteiger partial charge in [0.05, 0.1) is 4.92 Å². The van der Waals surface area contributed by atoms with E-state index in [4.69, 9.17) is 0 Å². The highest BCUT2D eigenvalue weighted by Gasteiger charge is 2.38. The summed E-state index contributed by atoms with van der Waals surface area (Å²) in [5.74, 6) is 0.283. The Balaban J connectivity index is 2.40. The van der Waals surface area contributed by atoms with Gasteiger partial charge in [0.15, 0.2) is 4.90 Å². The van der Waals surface area contributed by atoms with Gasteiger partial charge in [-0.15, -0.1) is 0 Å². The zero-order valence-corrected chi connectivity index (χ0v) is 11.4. The number of hydrogen-bond acceptors (Lipinski definition) is 5. The monoisotopic (exact) mass is 285 g/mol. The molecule has 0 amide bonds. The molecule has 1 saturated carbocycles. The second-order valence-electron chi connectivity index (χ2n) is 4.63. The molecule has 1 aromatic rings. The summed E-state index contributed by atoms with van der Waals surface area (Å²) in [7, 11) is -2.24. The van der Waals surface area contributed by atoms with Crippen molar-refractivity contribution in [2.75, 3.05) is 12.4 Å². The lowest BCUT2D eigenvalue weighted by atomic mass is 10.3. The van der Waals surface area contributed by atoms with Crippen LogP contribution in [0.5, 0.6) is 0 Å². The molecule has 0 heterocycles. The average molecular weight is 285 g/mol. The van der Waals surface area contributed by atoms with Crippen molar-refractivity contribution in [1.82, 2.24) is 4.72 Å². The maximum atomic E-state index is 12.1. The fourth-order valence-corrected chi connectivity index (χ4v) is 3.30. The van der Waals surface area contributed by atoms with Crippen molar-refractivity contribution in [3.8, 4) is 0 Å². The SMILES string of the molecule is CNc1ccc(S(=O)(=O)NC2CC2C)c([N+](=O)[O-])c1. The molecule has 0 aromatic heterocycles. The summed E-state index contributed by atoms with van der Waals surface area (Å²) in [6.07, 6.45) is 0.766. The second-order valence-corrected chi connectivity index (χ2v) is 6.31. The molecule has 2 rings (SSSR count). The molecule has 2 unspecified atom stereocenters. The molecule has 1 fully saturated rings. The predicted octanol–water partition coefficient (Wildman–Crippen LogP) is 1.32. The number of nitro groups is 1. The molecule has 0 bridgehead atoms. The van der Waals surface area contributed by atoms with Crippen LogP contribution in [0, 0.1) is 16.0 Å². The molecular weight excluding hydrogens is 270 g/mol. The standard InChI is InChI=1S/C11H15N3O4S/c1-7-5-9(7)13-19(17,18)11-4-3-8(12-2)6-10(11)14(15)16/h3-4,6-7,9,12-13H,5H2,1-2H3. The highest BCUT2D eigenvalue weighted by Crippen LogP contribution is 2.33. The number of benzene rings is 1. The molecule has 1 aliphatic rings. The van der Waals surface area contributed by atoms with Gasteiger partial charge in [-0.25, -0.2) is 13.1 Å². The Kier molecular flexibility index (Phi) is 3.46. The molecule has 8 heteroatoms. The molecule has 19 heavy (non-hydrogen) atoms. The zero-order valence-electron chi connectivity index (χ0n) is 10.6. The molecule has 7 nitrogen and oxygen atoms in total. The molecule has 0 aliphatic heterocycles. The van der Waals surface area contributed by atoms with Crippen LogP contribution >= 0.6 is 0 Å². The van der Waals surface area contributed by atoms with E-state index in [1.807, 2.05) is 6.92 Å².